The maximum Gasteiger partial charge on any atom is 0.317 e. The largest absolute Gasteiger partial charge is 0.480 e. The molecule has 1 N–H and O–H groups in total. The van der Waals surface area contributed by atoms with Crippen LogP contribution in [-0.2, 0) is 11.3 Å². The van der Waals surface area contributed by atoms with Crippen LogP contribution in [0.1, 0.15) is 23.3 Å². The molecule has 1 aliphatic heterocycles. The lowest BCUT2D eigenvalue weighted by Gasteiger charge is -2.35. The Hall–Kier alpha value is -1.69. The Balaban J connectivity index is 1.53. The van der Waals surface area contributed by atoms with Crippen molar-refractivity contribution in [2.75, 3.05) is 26.7 Å². The molecule has 3 rings (SSSR count). The van der Waals surface area contributed by atoms with Crippen LogP contribution in [0.5, 0.6) is 0 Å². The van der Waals surface area contributed by atoms with Crippen molar-refractivity contribution >= 4 is 17.3 Å². The molecule has 0 saturated carbocycles. The number of hydrogen-bond donors (Lipinski definition) is 1. The fraction of sp³-hybridized carbons (Fsp3) is 0.450. The molecule has 1 saturated heterocycles. The van der Waals surface area contributed by atoms with Gasteiger partial charge in [-0.1, -0.05) is 29.8 Å². The average Bonchev–Trinajstić information content (AvgIpc) is 3.04. The summed E-state index contributed by atoms with van der Waals surface area (Å²) in [6.45, 7) is 5.31. The van der Waals surface area contributed by atoms with Crippen LogP contribution in [0.2, 0.25) is 0 Å². The van der Waals surface area contributed by atoms with E-state index < -0.39 is 5.97 Å². The molecule has 0 aliphatic carbocycles. The smallest absolute Gasteiger partial charge is 0.317 e. The number of carboxylic acid groups (broad SMARTS) is 1. The zero-order valence-electron chi connectivity index (χ0n) is 14.9. The standard InChI is InChI=1S/C20H26N2O2S/c1-15-3-5-16(6-4-15)19-8-7-18(25-19)13-22-11-9-17(10-12-22)21(2)14-20(23)24/h3-8,17H,9-14H2,1-2H3,(H,23,24). The number of nitrogens with zero attached hydrogens (tertiary/aromatic N) is 2. The van der Waals surface area contributed by atoms with Crippen LogP contribution in [-0.4, -0.2) is 53.6 Å². The van der Waals surface area contributed by atoms with Gasteiger partial charge >= 0.3 is 5.97 Å². The van der Waals surface area contributed by atoms with Crippen molar-refractivity contribution in [2.24, 2.45) is 0 Å². The Morgan fingerprint density at radius 1 is 1.20 bits per heavy atom. The first-order valence-corrected chi connectivity index (χ1v) is 9.63. The lowest BCUT2D eigenvalue weighted by Crippen LogP contribution is -2.44. The molecule has 0 radical (unpaired) electrons. The number of likely N-dealkylation sites (tertiary alicyclic amines) is 1. The van der Waals surface area contributed by atoms with Gasteiger partial charge in [0.25, 0.3) is 0 Å². The van der Waals surface area contributed by atoms with Crippen molar-refractivity contribution in [3.63, 3.8) is 0 Å². The fourth-order valence-electron chi connectivity index (χ4n) is 3.42. The van der Waals surface area contributed by atoms with Crippen LogP contribution in [0, 0.1) is 6.92 Å². The number of benzene rings is 1. The molecule has 2 heterocycles. The van der Waals surface area contributed by atoms with E-state index in [9.17, 15) is 4.79 Å². The van der Waals surface area contributed by atoms with Crippen LogP contribution in [0.25, 0.3) is 10.4 Å². The van der Waals surface area contributed by atoms with Crippen LogP contribution < -0.4 is 0 Å². The van der Waals surface area contributed by atoms with E-state index in [1.165, 1.54) is 20.9 Å². The predicted molar refractivity (Wildman–Crippen MR) is 103 cm³/mol. The minimum atomic E-state index is -0.743. The summed E-state index contributed by atoms with van der Waals surface area (Å²) in [5.74, 6) is -0.743. The van der Waals surface area contributed by atoms with Crippen LogP contribution >= 0.6 is 11.3 Å². The molecule has 0 amide bonds. The number of aryl methyl sites for hydroxylation is 1. The van der Waals surface area contributed by atoms with Gasteiger partial charge in [-0.05, 0) is 44.5 Å². The van der Waals surface area contributed by atoms with Gasteiger partial charge in [0.1, 0.15) is 0 Å². The SMILES string of the molecule is Cc1ccc(-c2ccc(CN3CCC(N(C)CC(=O)O)CC3)s2)cc1. The molecule has 0 bridgehead atoms. The Labute approximate surface area is 153 Å². The quantitative estimate of drug-likeness (QED) is 0.855. The summed E-state index contributed by atoms with van der Waals surface area (Å²) in [6.07, 6.45) is 2.08. The van der Waals surface area contributed by atoms with Crippen molar-refractivity contribution in [1.82, 2.24) is 9.80 Å². The van der Waals surface area contributed by atoms with Crippen molar-refractivity contribution in [2.45, 2.75) is 32.4 Å². The Bertz CT molecular complexity index is 703. The average molecular weight is 359 g/mol. The van der Waals surface area contributed by atoms with E-state index in [1.807, 2.05) is 23.3 Å². The summed E-state index contributed by atoms with van der Waals surface area (Å²) >= 11 is 1.87. The molecule has 2 aromatic rings. The number of thiophene rings is 1. The molecular formula is C20H26N2O2S. The van der Waals surface area contributed by atoms with Gasteiger partial charge in [-0.25, -0.2) is 0 Å². The highest BCUT2D eigenvalue weighted by atomic mass is 32.1. The van der Waals surface area contributed by atoms with Crippen LogP contribution in [0.4, 0.5) is 0 Å². The second kappa shape index (κ2) is 8.13. The molecule has 0 spiro atoms. The van der Waals surface area contributed by atoms with E-state index >= 15 is 0 Å². The second-order valence-corrected chi connectivity index (χ2v) is 8.12. The van der Waals surface area contributed by atoms with E-state index in [0.717, 1.165) is 32.5 Å². The minimum Gasteiger partial charge on any atom is -0.480 e. The van der Waals surface area contributed by atoms with Gasteiger partial charge in [-0.15, -0.1) is 11.3 Å². The normalized spacial score (nSPS) is 16.4. The maximum absolute atomic E-state index is 10.8. The first-order valence-electron chi connectivity index (χ1n) is 8.81. The van der Waals surface area contributed by atoms with Crippen molar-refractivity contribution < 1.29 is 9.90 Å². The summed E-state index contributed by atoms with van der Waals surface area (Å²) in [5.41, 5.74) is 2.58. The zero-order valence-corrected chi connectivity index (χ0v) is 15.8. The molecule has 5 heteroatoms. The number of aliphatic carboxylic acids is 1. The van der Waals surface area contributed by atoms with E-state index in [1.54, 1.807) is 0 Å². The Morgan fingerprint density at radius 3 is 2.52 bits per heavy atom. The topological polar surface area (TPSA) is 43.8 Å². The number of likely N-dealkylation sites (N-methyl/N-ethyl adjacent to an activating group) is 1. The minimum absolute atomic E-state index is 0.134. The second-order valence-electron chi connectivity index (χ2n) is 6.95. The number of carbonyl (C=O) groups is 1. The number of carboxylic acids is 1. The number of piperidine rings is 1. The lowest BCUT2D eigenvalue weighted by molar-refractivity contribution is -0.138. The first kappa shape index (κ1) is 18.1. The van der Waals surface area contributed by atoms with Gasteiger partial charge in [0, 0.05) is 35.4 Å². The molecule has 1 aromatic heterocycles. The highest BCUT2D eigenvalue weighted by Crippen LogP contribution is 2.29. The molecular weight excluding hydrogens is 332 g/mol. The van der Waals surface area contributed by atoms with E-state index in [0.29, 0.717) is 6.04 Å². The molecule has 25 heavy (non-hydrogen) atoms. The third kappa shape index (κ3) is 4.91. The lowest BCUT2D eigenvalue weighted by atomic mass is 10.0. The molecule has 134 valence electrons. The zero-order chi connectivity index (χ0) is 17.8. The molecule has 1 aromatic carbocycles. The van der Waals surface area contributed by atoms with Gasteiger partial charge in [-0.3, -0.25) is 14.6 Å². The number of hydrogen-bond acceptors (Lipinski definition) is 4. The maximum atomic E-state index is 10.8. The van der Waals surface area contributed by atoms with Crippen molar-refractivity contribution in [1.29, 1.82) is 0 Å². The summed E-state index contributed by atoms with van der Waals surface area (Å²) in [7, 11) is 1.92. The van der Waals surface area contributed by atoms with Gasteiger partial charge in [-0.2, -0.15) is 0 Å². The number of rotatable bonds is 6. The molecule has 1 aliphatic rings. The van der Waals surface area contributed by atoms with Gasteiger partial charge < -0.3 is 5.11 Å². The third-order valence-electron chi connectivity index (χ3n) is 4.94. The van der Waals surface area contributed by atoms with Gasteiger partial charge in [0.05, 0.1) is 6.54 Å². The molecule has 4 nitrogen and oxygen atoms in total. The van der Waals surface area contributed by atoms with Crippen molar-refractivity contribution in [3.8, 4) is 10.4 Å². The Kier molecular flexibility index (Phi) is 5.89. The highest BCUT2D eigenvalue weighted by Gasteiger charge is 2.23. The summed E-state index contributed by atoms with van der Waals surface area (Å²) < 4.78 is 0. The monoisotopic (exact) mass is 358 g/mol. The molecule has 0 unspecified atom stereocenters. The first-order chi connectivity index (χ1) is 12.0. The van der Waals surface area contributed by atoms with Gasteiger partial charge in [0.2, 0.25) is 0 Å². The van der Waals surface area contributed by atoms with Crippen LogP contribution in [0.3, 0.4) is 0 Å². The van der Waals surface area contributed by atoms with E-state index in [4.69, 9.17) is 5.11 Å². The molecule has 1 fully saturated rings. The third-order valence-corrected chi connectivity index (χ3v) is 6.06. The summed E-state index contributed by atoms with van der Waals surface area (Å²) in [5, 5.41) is 8.92. The van der Waals surface area contributed by atoms with Crippen LogP contribution in [0.15, 0.2) is 36.4 Å². The van der Waals surface area contributed by atoms with Gasteiger partial charge in [0.15, 0.2) is 0 Å². The summed E-state index contributed by atoms with van der Waals surface area (Å²) in [4.78, 5) is 18.0. The fourth-order valence-corrected chi connectivity index (χ4v) is 4.47. The highest BCUT2D eigenvalue weighted by molar-refractivity contribution is 7.15. The predicted octanol–water partition coefficient (Wildman–Crippen LogP) is 3.70. The van der Waals surface area contributed by atoms with Crippen molar-refractivity contribution in [3.05, 3.63) is 46.8 Å². The van der Waals surface area contributed by atoms with E-state index in [2.05, 4.69) is 48.2 Å². The van der Waals surface area contributed by atoms with E-state index in [-0.39, 0.29) is 6.54 Å². The summed E-state index contributed by atoms with van der Waals surface area (Å²) in [6, 6.07) is 13.5. The molecule has 0 atom stereocenters. The Morgan fingerprint density at radius 2 is 1.88 bits per heavy atom.